The molecule has 1 aromatic rings. The summed E-state index contributed by atoms with van der Waals surface area (Å²) >= 11 is 0. The van der Waals surface area contributed by atoms with Crippen LogP contribution in [0.15, 0.2) is 24.3 Å². The SMILES string of the molecule is CO[C@H]1O[C@H](COc2ccc(B3OC(C)(C)C(C)(C)O3)cc2)[C@@H](OC(C)=O)[C@H](OC(C)=O)[C@H]1OC(C)=O. The summed E-state index contributed by atoms with van der Waals surface area (Å²) in [4.78, 5) is 35.4. The normalized spacial score (nSPS) is 28.3. The predicted octanol–water partition coefficient (Wildman–Crippen LogP) is 1.53. The largest absolute Gasteiger partial charge is 0.494 e. The van der Waals surface area contributed by atoms with Crippen LogP contribution < -0.4 is 10.2 Å². The van der Waals surface area contributed by atoms with Gasteiger partial charge in [0.1, 0.15) is 18.5 Å². The van der Waals surface area contributed by atoms with Crippen LogP contribution in [-0.4, -0.2) is 80.7 Å². The summed E-state index contributed by atoms with van der Waals surface area (Å²) in [7, 11) is 0.837. The molecule has 5 atom stereocenters. The van der Waals surface area contributed by atoms with Crippen molar-refractivity contribution >= 4 is 30.5 Å². The molecule has 204 valence electrons. The molecule has 0 unspecified atom stereocenters. The molecular formula is C25H35BO11. The average molecular weight is 522 g/mol. The van der Waals surface area contributed by atoms with E-state index in [0.717, 1.165) is 5.46 Å². The van der Waals surface area contributed by atoms with Crippen LogP contribution >= 0.6 is 0 Å². The van der Waals surface area contributed by atoms with E-state index in [-0.39, 0.29) is 6.61 Å². The smallest absolute Gasteiger partial charge is 0.491 e. The summed E-state index contributed by atoms with van der Waals surface area (Å²) in [6.45, 7) is 11.4. The Bertz CT molecular complexity index is 961. The third kappa shape index (κ3) is 6.81. The van der Waals surface area contributed by atoms with E-state index in [2.05, 4.69) is 0 Å². The maximum absolute atomic E-state index is 11.9. The Hall–Kier alpha value is -2.67. The van der Waals surface area contributed by atoms with Crippen molar-refractivity contribution in [2.24, 2.45) is 0 Å². The van der Waals surface area contributed by atoms with Gasteiger partial charge >= 0.3 is 25.0 Å². The maximum Gasteiger partial charge on any atom is 0.494 e. The van der Waals surface area contributed by atoms with Crippen molar-refractivity contribution in [3.63, 3.8) is 0 Å². The predicted molar refractivity (Wildman–Crippen MR) is 130 cm³/mol. The monoisotopic (exact) mass is 522 g/mol. The van der Waals surface area contributed by atoms with E-state index in [1.54, 1.807) is 12.1 Å². The molecule has 2 saturated heterocycles. The summed E-state index contributed by atoms with van der Waals surface area (Å²) in [5.41, 5.74) is -0.0923. The molecular weight excluding hydrogens is 487 g/mol. The van der Waals surface area contributed by atoms with Gasteiger partial charge in [0.05, 0.1) is 11.2 Å². The fraction of sp³-hybridized carbons (Fsp3) is 0.640. The minimum Gasteiger partial charge on any atom is -0.491 e. The molecule has 0 saturated carbocycles. The van der Waals surface area contributed by atoms with Gasteiger partial charge in [0.25, 0.3) is 0 Å². The van der Waals surface area contributed by atoms with Gasteiger partial charge in [0.2, 0.25) is 0 Å². The Morgan fingerprint density at radius 2 is 1.30 bits per heavy atom. The fourth-order valence-corrected chi connectivity index (χ4v) is 4.06. The molecule has 0 bridgehead atoms. The summed E-state index contributed by atoms with van der Waals surface area (Å²) in [6.07, 6.45) is -5.47. The van der Waals surface area contributed by atoms with Gasteiger partial charge in [-0.2, -0.15) is 0 Å². The van der Waals surface area contributed by atoms with Crippen molar-refractivity contribution in [2.45, 2.75) is 90.4 Å². The van der Waals surface area contributed by atoms with Crippen LogP contribution in [0, 0.1) is 0 Å². The van der Waals surface area contributed by atoms with Gasteiger partial charge in [-0.15, -0.1) is 0 Å². The first-order valence-corrected chi connectivity index (χ1v) is 12.0. The Kier molecular flexibility index (Phi) is 8.89. The molecule has 1 aromatic carbocycles. The van der Waals surface area contributed by atoms with Gasteiger partial charge in [0, 0.05) is 27.9 Å². The summed E-state index contributed by atoms with van der Waals surface area (Å²) in [6, 6.07) is 7.17. The maximum atomic E-state index is 11.9. The molecule has 11 nitrogen and oxygen atoms in total. The van der Waals surface area contributed by atoms with Crippen LogP contribution in [0.1, 0.15) is 48.5 Å². The molecule has 12 heteroatoms. The number of esters is 3. The van der Waals surface area contributed by atoms with Crippen LogP contribution in [0.5, 0.6) is 5.75 Å². The molecule has 37 heavy (non-hydrogen) atoms. The number of ether oxygens (including phenoxy) is 6. The second-order valence-corrected chi connectivity index (χ2v) is 9.97. The Morgan fingerprint density at radius 3 is 1.78 bits per heavy atom. The molecule has 0 amide bonds. The lowest BCUT2D eigenvalue weighted by Gasteiger charge is -2.43. The molecule has 0 aromatic heterocycles. The number of hydrogen-bond donors (Lipinski definition) is 0. The Labute approximate surface area is 217 Å². The quantitative estimate of drug-likeness (QED) is 0.280. The lowest BCUT2D eigenvalue weighted by atomic mass is 9.79. The van der Waals surface area contributed by atoms with E-state index >= 15 is 0 Å². The van der Waals surface area contributed by atoms with E-state index in [4.69, 9.17) is 37.7 Å². The number of hydrogen-bond acceptors (Lipinski definition) is 11. The van der Waals surface area contributed by atoms with Gasteiger partial charge in [-0.1, -0.05) is 12.1 Å². The van der Waals surface area contributed by atoms with E-state index in [0.29, 0.717) is 5.75 Å². The zero-order chi connectivity index (χ0) is 27.5. The van der Waals surface area contributed by atoms with Gasteiger partial charge in [-0.3, -0.25) is 14.4 Å². The number of methoxy groups -OCH3 is 1. The number of benzene rings is 1. The van der Waals surface area contributed by atoms with Crippen molar-refractivity contribution in [2.75, 3.05) is 13.7 Å². The molecule has 2 aliphatic rings. The highest BCUT2D eigenvalue weighted by Gasteiger charge is 2.53. The first-order valence-electron chi connectivity index (χ1n) is 12.0. The summed E-state index contributed by atoms with van der Waals surface area (Å²) in [5.74, 6) is -1.44. The second kappa shape index (κ2) is 11.4. The topological polar surface area (TPSA) is 125 Å². The van der Waals surface area contributed by atoms with Crippen molar-refractivity contribution in [3.8, 4) is 5.75 Å². The number of carbonyl (C=O) groups is 3. The first kappa shape index (κ1) is 28.9. The highest BCUT2D eigenvalue weighted by atomic mass is 16.7. The average Bonchev–Trinajstić information content (AvgIpc) is 3.01. The molecule has 2 aliphatic heterocycles. The van der Waals surface area contributed by atoms with E-state index in [1.165, 1.54) is 27.9 Å². The third-order valence-corrected chi connectivity index (χ3v) is 6.55. The van der Waals surface area contributed by atoms with Crippen LogP contribution in [0.3, 0.4) is 0 Å². The molecule has 0 aliphatic carbocycles. The zero-order valence-corrected chi connectivity index (χ0v) is 22.5. The minimum absolute atomic E-state index is 0.0851. The van der Waals surface area contributed by atoms with Gasteiger partial charge in [-0.05, 0) is 45.3 Å². The summed E-state index contributed by atoms with van der Waals surface area (Å²) in [5, 5.41) is 0. The minimum atomic E-state index is -1.18. The fourth-order valence-electron chi connectivity index (χ4n) is 4.06. The molecule has 2 heterocycles. The first-order chi connectivity index (χ1) is 17.2. The van der Waals surface area contributed by atoms with Crippen molar-refractivity contribution < 1.29 is 52.1 Å². The standard InChI is InChI=1S/C25H35BO11/c1-14(27)32-20-19(35-23(30-8)22(34-16(3)29)21(20)33-15(2)28)13-31-18-11-9-17(10-12-18)26-36-24(4,5)25(6,7)37-26/h9-12,19-23H,13H2,1-8H3/t19-,20-,21+,22-,23+/m1/s1. The summed E-state index contributed by atoms with van der Waals surface area (Å²) < 4.78 is 45.5. The molecule has 2 fully saturated rings. The Morgan fingerprint density at radius 1 is 0.811 bits per heavy atom. The van der Waals surface area contributed by atoms with Crippen LogP contribution in [0.2, 0.25) is 0 Å². The van der Waals surface area contributed by atoms with Gasteiger partial charge < -0.3 is 37.7 Å². The van der Waals surface area contributed by atoms with Crippen molar-refractivity contribution in [1.29, 1.82) is 0 Å². The molecule has 0 N–H and O–H groups in total. The number of carbonyl (C=O) groups excluding carboxylic acids is 3. The molecule has 3 rings (SSSR count). The molecule has 0 spiro atoms. The van der Waals surface area contributed by atoms with E-state index in [9.17, 15) is 14.4 Å². The Balaban J connectivity index is 1.76. The molecule has 0 radical (unpaired) electrons. The van der Waals surface area contributed by atoms with Crippen molar-refractivity contribution in [1.82, 2.24) is 0 Å². The van der Waals surface area contributed by atoms with Crippen molar-refractivity contribution in [3.05, 3.63) is 24.3 Å². The van der Waals surface area contributed by atoms with E-state index < -0.39 is 66.9 Å². The lowest BCUT2D eigenvalue weighted by molar-refractivity contribution is -0.301. The second-order valence-electron chi connectivity index (χ2n) is 9.97. The van der Waals surface area contributed by atoms with Crippen LogP contribution in [-0.2, 0) is 47.4 Å². The van der Waals surface area contributed by atoms with Gasteiger partial charge in [-0.25, -0.2) is 0 Å². The van der Waals surface area contributed by atoms with Crippen LogP contribution in [0.25, 0.3) is 0 Å². The third-order valence-electron chi connectivity index (χ3n) is 6.55. The lowest BCUT2D eigenvalue weighted by Crippen LogP contribution is -2.62. The zero-order valence-electron chi connectivity index (χ0n) is 22.5. The highest BCUT2D eigenvalue weighted by Crippen LogP contribution is 2.36. The highest BCUT2D eigenvalue weighted by molar-refractivity contribution is 6.62. The van der Waals surface area contributed by atoms with Gasteiger partial charge in [0.15, 0.2) is 24.6 Å². The van der Waals surface area contributed by atoms with E-state index in [1.807, 2.05) is 39.8 Å². The van der Waals surface area contributed by atoms with Crippen LogP contribution in [0.4, 0.5) is 0 Å². The number of rotatable bonds is 8.